The van der Waals surface area contributed by atoms with Crippen molar-refractivity contribution in [3.05, 3.63) is 122 Å². The summed E-state index contributed by atoms with van der Waals surface area (Å²) in [5.41, 5.74) is 9.71. The van der Waals surface area contributed by atoms with Gasteiger partial charge in [0.1, 0.15) is 0 Å². The monoisotopic (exact) mass is 594 g/mol. The van der Waals surface area contributed by atoms with Crippen LogP contribution in [0.1, 0.15) is 19.3 Å². The van der Waals surface area contributed by atoms with Gasteiger partial charge in [-0.15, -0.1) is 0 Å². The van der Waals surface area contributed by atoms with E-state index in [1.165, 1.54) is 33.1 Å². The summed E-state index contributed by atoms with van der Waals surface area (Å²) in [6, 6.07) is 34.3. The van der Waals surface area contributed by atoms with Crippen LogP contribution in [0.2, 0.25) is 0 Å². The van der Waals surface area contributed by atoms with E-state index in [0.29, 0.717) is 0 Å². The van der Waals surface area contributed by atoms with Crippen molar-refractivity contribution in [1.82, 2.24) is 28.2 Å². The van der Waals surface area contributed by atoms with Crippen LogP contribution in [0.3, 0.4) is 0 Å². The lowest BCUT2D eigenvalue weighted by atomic mass is 10.3. The molecule has 224 valence electrons. The van der Waals surface area contributed by atoms with Gasteiger partial charge in [-0.25, -0.2) is 28.2 Å². The zero-order chi connectivity index (χ0) is 30.0. The Morgan fingerprint density at radius 3 is 1.31 bits per heavy atom. The van der Waals surface area contributed by atoms with Crippen LogP contribution in [-0.4, -0.2) is 28.2 Å². The molecule has 0 atom stereocenters. The van der Waals surface area contributed by atoms with Crippen LogP contribution in [0, 0.1) is 0 Å². The Hall–Kier alpha value is -5.24. The average molecular weight is 595 g/mol. The first-order valence-electron chi connectivity index (χ1n) is 16.1. The van der Waals surface area contributed by atoms with Gasteiger partial charge in [0.25, 0.3) is 0 Å². The van der Waals surface area contributed by atoms with Crippen molar-refractivity contribution in [1.29, 1.82) is 0 Å². The standard InChI is InChI=1S/C37H38N8/c1-3-14-32-30(12-1)38-26-40(32)20-9-22-42-28-44(36-18-7-5-16-34(36)42)24-11-25-45-29-43(35-17-6-8-19-37(35)45)23-10-21-41-27-39-31-13-2-4-15-33(31)41/h1-8,12-19,26-29H,9-11,20-25H2/q+2. The van der Waals surface area contributed by atoms with Crippen LogP contribution in [0.4, 0.5) is 0 Å². The third-order valence-corrected chi connectivity index (χ3v) is 9.01. The molecule has 0 saturated carbocycles. The molecule has 8 nitrogen and oxygen atoms in total. The van der Waals surface area contributed by atoms with Crippen LogP contribution in [0.15, 0.2) is 122 Å². The summed E-state index contributed by atoms with van der Waals surface area (Å²) in [7, 11) is 0. The van der Waals surface area contributed by atoms with Gasteiger partial charge < -0.3 is 9.13 Å². The predicted octanol–water partition coefficient (Wildman–Crippen LogP) is 6.14. The molecule has 0 amide bonds. The predicted molar refractivity (Wildman–Crippen MR) is 178 cm³/mol. The zero-order valence-electron chi connectivity index (χ0n) is 25.5. The molecule has 4 aromatic carbocycles. The van der Waals surface area contributed by atoms with Crippen molar-refractivity contribution in [2.75, 3.05) is 0 Å². The first-order chi connectivity index (χ1) is 22.3. The molecular formula is C37H38N8+2. The summed E-state index contributed by atoms with van der Waals surface area (Å²) in [6.07, 6.45) is 11.7. The van der Waals surface area contributed by atoms with Gasteiger partial charge >= 0.3 is 0 Å². The molecular weight excluding hydrogens is 556 g/mol. The second-order valence-electron chi connectivity index (χ2n) is 11.9. The number of imidazole rings is 4. The largest absolute Gasteiger partial charge is 0.330 e. The van der Waals surface area contributed by atoms with E-state index < -0.39 is 0 Å². The highest BCUT2D eigenvalue weighted by molar-refractivity contribution is 5.76. The van der Waals surface area contributed by atoms with Crippen molar-refractivity contribution < 1.29 is 9.13 Å². The fourth-order valence-corrected chi connectivity index (χ4v) is 6.81. The number of rotatable bonds is 12. The molecule has 0 aliphatic carbocycles. The van der Waals surface area contributed by atoms with Gasteiger partial charge in [0.05, 0.1) is 60.9 Å². The van der Waals surface area contributed by atoms with E-state index in [1.54, 1.807) is 0 Å². The molecule has 0 aliphatic rings. The molecule has 45 heavy (non-hydrogen) atoms. The molecule has 0 saturated heterocycles. The molecule has 0 radical (unpaired) electrons. The van der Waals surface area contributed by atoms with Crippen LogP contribution in [0.5, 0.6) is 0 Å². The Morgan fingerprint density at radius 1 is 0.422 bits per heavy atom. The van der Waals surface area contributed by atoms with E-state index in [1.807, 2.05) is 24.8 Å². The first-order valence-corrected chi connectivity index (χ1v) is 16.1. The maximum atomic E-state index is 4.56. The first kappa shape index (κ1) is 27.3. The number of nitrogens with zero attached hydrogens (tertiary/aromatic N) is 8. The van der Waals surface area contributed by atoms with Crippen LogP contribution >= 0.6 is 0 Å². The summed E-state index contributed by atoms with van der Waals surface area (Å²) in [6.45, 7) is 5.79. The van der Waals surface area contributed by atoms with Gasteiger partial charge in [0.2, 0.25) is 12.7 Å². The third kappa shape index (κ3) is 5.37. The molecule has 0 spiro atoms. The zero-order valence-corrected chi connectivity index (χ0v) is 25.5. The molecule has 4 heterocycles. The summed E-state index contributed by atoms with van der Waals surface area (Å²) < 4.78 is 14.2. The summed E-state index contributed by atoms with van der Waals surface area (Å²) in [5, 5.41) is 0. The van der Waals surface area contributed by atoms with E-state index in [0.717, 1.165) is 69.6 Å². The van der Waals surface area contributed by atoms with Crippen molar-refractivity contribution in [2.24, 2.45) is 0 Å². The van der Waals surface area contributed by atoms with Gasteiger partial charge in [0.15, 0.2) is 22.1 Å². The number of benzene rings is 4. The number of hydrogen-bond donors (Lipinski definition) is 0. The minimum atomic E-state index is 0.951. The quantitative estimate of drug-likeness (QED) is 0.160. The van der Waals surface area contributed by atoms with E-state index >= 15 is 0 Å². The van der Waals surface area contributed by atoms with Crippen LogP contribution < -0.4 is 9.13 Å². The Labute approximate surface area is 262 Å². The molecule has 8 aromatic rings. The molecule has 4 aromatic heterocycles. The van der Waals surface area contributed by atoms with Crippen molar-refractivity contribution in [3.63, 3.8) is 0 Å². The Kier molecular flexibility index (Phi) is 7.31. The molecule has 0 bridgehead atoms. The summed E-state index contributed by atoms with van der Waals surface area (Å²) in [4.78, 5) is 9.12. The van der Waals surface area contributed by atoms with Crippen molar-refractivity contribution >= 4 is 44.1 Å². The molecule has 8 heteroatoms. The highest BCUT2D eigenvalue weighted by Gasteiger charge is 2.18. The van der Waals surface area contributed by atoms with Gasteiger partial charge in [-0.05, 0) is 48.5 Å². The van der Waals surface area contributed by atoms with Crippen LogP contribution in [0.25, 0.3) is 44.1 Å². The summed E-state index contributed by atoms with van der Waals surface area (Å²) in [5.74, 6) is 0. The lowest BCUT2D eigenvalue weighted by Gasteiger charge is -2.03. The highest BCUT2D eigenvalue weighted by atomic mass is 15.2. The van der Waals surface area contributed by atoms with Gasteiger partial charge in [0, 0.05) is 32.4 Å². The van der Waals surface area contributed by atoms with Crippen LogP contribution in [-0.2, 0) is 39.3 Å². The SMILES string of the molecule is c1ccc2c(c1)ncn2CCCn1c[n+](CCC[n+]2cn(CCCn3cnc4ccccc43)c3ccccc32)c2ccccc21. The molecule has 0 fully saturated rings. The van der Waals surface area contributed by atoms with E-state index in [-0.39, 0.29) is 0 Å². The number of fused-ring (bicyclic) bond motifs is 4. The normalized spacial score (nSPS) is 11.9. The summed E-state index contributed by atoms with van der Waals surface area (Å²) >= 11 is 0. The van der Waals surface area contributed by atoms with E-state index in [2.05, 4.69) is 135 Å². The maximum absolute atomic E-state index is 4.56. The highest BCUT2D eigenvalue weighted by Crippen LogP contribution is 2.17. The number of aryl methyl sites for hydroxylation is 6. The minimum Gasteiger partial charge on any atom is -0.330 e. The molecule has 0 aliphatic heterocycles. The fourth-order valence-electron chi connectivity index (χ4n) is 6.81. The molecule has 0 N–H and O–H groups in total. The van der Waals surface area contributed by atoms with Gasteiger partial charge in [-0.1, -0.05) is 48.5 Å². The molecule has 0 unspecified atom stereocenters. The number of para-hydroxylation sites is 8. The van der Waals surface area contributed by atoms with Crippen molar-refractivity contribution in [3.8, 4) is 0 Å². The van der Waals surface area contributed by atoms with Gasteiger partial charge in [-0.2, -0.15) is 0 Å². The Balaban J connectivity index is 0.930. The number of hydrogen-bond acceptors (Lipinski definition) is 2. The average Bonchev–Trinajstić information content (AvgIpc) is 3.86. The smallest absolute Gasteiger partial charge is 0.244 e. The third-order valence-electron chi connectivity index (χ3n) is 9.01. The lowest BCUT2D eigenvalue weighted by Crippen LogP contribution is -2.38. The van der Waals surface area contributed by atoms with Gasteiger partial charge in [-0.3, -0.25) is 0 Å². The second-order valence-corrected chi connectivity index (χ2v) is 11.9. The second kappa shape index (κ2) is 12.0. The lowest BCUT2D eigenvalue weighted by molar-refractivity contribution is -0.703. The maximum Gasteiger partial charge on any atom is 0.244 e. The Morgan fingerprint density at radius 2 is 0.822 bits per heavy atom. The van der Waals surface area contributed by atoms with Crippen molar-refractivity contribution in [2.45, 2.75) is 58.5 Å². The number of aromatic nitrogens is 8. The Bertz CT molecular complexity index is 2070. The minimum absolute atomic E-state index is 0.951. The topological polar surface area (TPSA) is 53.3 Å². The fraction of sp³-hybridized carbons (Fsp3) is 0.243. The van der Waals surface area contributed by atoms with E-state index in [9.17, 15) is 0 Å². The molecule has 8 rings (SSSR count). The van der Waals surface area contributed by atoms with E-state index in [4.69, 9.17) is 0 Å².